The van der Waals surface area contributed by atoms with Gasteiger partial charge in [-0.25, -0.2) is 9.78 Å². The van der Waals surface area contributed by atoms with Gasteiger partial charge in [0, 0.05) is 12.1 Å². The Morgan fingerprint density at radius 1 is 1.07 bits per heavy atom. The summed E-state index contributed by atoms with van der Waals surface area (Å²) in [5.74, 6) is 0.514. The maximum Gasteiger partial charge on any atom is 0.337 e. The van der Waals surface area contributed by atoms with E-state index >= 15 is 0 Å². The first-order chi connectivity index (χ1) is 13.0. The van der Waals surface area contributed by atoms with E-state index < -0.39 is 5.97 Å². The highest BCUT2D eigenvalue weighted by Gasteiger charge is 2.13. The number of amides is 1. The minimum Gasteiger partial charge on any atom is -0.493 e. The molecule has 1 amide bonds. The number of carbonyl (C=O) groups is 2. The van der Waals surface area contributed by atoms with Gasteiger partial charge in [-0.2, -0.15) is 0 Å². The predicted molar refractivity (Wildman–Crippen MR) is 103 cm³/mol. The molecule has 1 heterocycles. The molecule has 0 saturated heterocycles. The number of carbonyl (C=O) groups excluding carboxylic acids is 2. The van der Waals surface area contributed by atoms with Gasteiger partial charge in [0.25, 0.3) is 0 Å². The Morgan fingerprint density at radius 3 is 2.52 bits per heavy atom. The van der Waals surface area contributed by atoms with E-state index in [1.807, 2.05) is 6.07 Å². The minimum absolute atomic E-state index is 0.118. The molecule has 3 rings (SSSR count). The summed E-state index contributed by atoms with van der Waals surface area (Å²) in [5.41, 5.74) is 1.82. The Morgan fingerprint density at radius 2 is 1.81 bits per heavy atom. The van der Waals surface area contributed by atoms with Crippen LogP contribution in [0.25, 0.3) is 10.2 Å². The smallest absolute Gasteiger partial charge is 0.337 e. The molecule has 140 valence electrons. The molecule has 0 aliphatic carbocycles. The number of rotatable bonds is 6. The predicted octanol–water partition coefficient (Wildman–Crippen LogP) is 3.28. The van der Waals surface area contributed by atoms with Crippen LogP contribution >= 0.6 is 11.3 Å². The zero-order valence-corrected chi connectivity index (χ0v) is 15.9. The molecule has 3 aromatic rings. The highest BCUT2D eigenvalue weighted by molar-refractivity contribution is 7.22. The fourth-order valence-corrected chi connectivity index (χ4v) is 3.48. The van der Waals surface area contributed by atoms with Crippen LogP contribution in [0.2, 0.25) is 0 Å². The number of thiazole rings is 1. The number of ether oxygens (including phenoxy) is 3. The van der Waals surface area contributed by atoms with Gasteiger partial charge in [0.2, 0.25) is 5.91 Å². The number of nitrogens with one attached hydrogen (secondary N) is 1. The molecule has 7 nitrogen and oxygen atoms in total. The number of methoxy groups -OCH3 is 3. The van der Waals surface area contributed by atoms with E-state index in [0.717, 1.165) is 4.70 Å². The Hall–Kier alpha value is -3.13. The molecule has 0 radical (unpaired) electrons. The SMILES string of the molecule is COC(=O)c1cccc(CC(=O)Nc2nc3cc(OC)c(OC)cc3s2)c1. The van der Waals surface area contributed by atoms with Gasteiger partial charge < -0.3 is 19.5 Å². The van der Waals surface area contributed by atoms with Gasteiger partial charge in [-0.1, -0.05) is 23.5 Å². The lowest BCUT2D eigenvalue weighted by atomic mass is 10.1. The van der Waals surface area contributed by atoms with Crippen LogP contribution in [0, 0.1) is 0 Å². The normalized spacial score (nSPS) is 10.5. The largest absolute Gasteiger partial charge is 0.493 e. The third-order valence-corrected chi connectivity index (χ3v) is 4.79. The number of aromatic nitrogens is 1. The Bertz CT molecular complexity index is 958. The lowest BCUT2D eigenvalue weighted by Crippen LogP contribution is -2.14. The van der Waals surface area contributed by atoms with Crippen molar-refractivity contribution in [3.8, 4) is 11.5 Å². The number of nitrogens with zero attached hydrogens (tertiary/aromatic N) is 1. The summed E-state index contributed by atoms with van der Waals surface area (Å²) in [6.45, 7) is 0. The zero-order chi connectivity index (χ0) is 19.4. The first kappa shape index (κ1) is 18.7. The van der Waals surface area contributed by atoms with Crippen molar-refractivity contribution >= 4 is 38.6 Å². The van der Waals surface area contributed by atoms with Crippen molar-refractivity contribution in [3.63, 3.8) is 0 Å². The first-order valence-electron chi connectivity index (χ1n) is 8.03. The molecule has 0 aliphatic rings. The van der Waals surface area contributed by atoms with Crippen LogP contribution in [0.4, 0.5) is 5.13 Å². The van der Waals surface area contributed by atoms with Crippen molar-refractivity contribution < 1.29 is 23.8 Å². The first-order valence-corrected chi connectivity index (χ1v) is 8.85. The zero-order valence-electron chi connectivity index (χ0n) is 15.1. The van der Waals surface area contributed by atoms with Gasteiger partial charge in [0.15, 0.2) is 16.6 Å². The average Bonchev–Trinajstić information content (AvgIpc) is 3.06. The molecule has 8 heteroatoms. The topological polar surface area (TPSA) is 86.8 Å². The van der Waals surface area contributed by atoms with Gasteiger partial charge >= 0.3 is 5.97 Å². The van der Waals surface area contributed by atoms with Crippen LogP contribution < -0.4 is 14.8 Å². The van der Waals surface area contributed by atoms with Crippen molar-refractivity contribution in [2.24, 2.45) is 0 Å². The molecule has 1 N–H and O–H groups in total. The summed E-state index contributed by atoms with van der Waals surface area (Å²) in [5, 5.41) is 3.27. The molecule has 0 spiro atoms. The van der Waals surface area contributed by atoms with Crippen LogP contribution in [-0.4, -0.2) is 38.2 Å². The average molecular weight is 386 g/mol. The molecule has 0 atom stereocenters. The maximum absolute atomic E-state index is 12.3. The fourth-order valence-electron chi connectivity index (χ4n) is 2.58. The van der Waals surface area contributed by atoms with Gasteiger partial charge in [-0.15, -0.1) is 0 Å². The van der Waals surface area contributed by atoms with Crippen LogP contribution in [0.15, 0.2) is 36.4 Å². The molecule has 0 fully saturated rings. The third kappa shape index (κ3) is 4.17. The number of hydrogen-bond donors (Lipinski definition) is 1. The third-order valence-electron chi connectivity index (χ3n) is 3.85. The lowest BCUT2D eigenvalue weighted by Gasteiger charge is -2.05. The highest BCUT2D eigenvalue weighted by atomic mass is 32.1. The molecule has 0 saturated carbocycles. The van der Waals surface area contributed by atoms with Crippen LogP contribution in [0.3, 0.4) is 0 Å². The van der Waals surface area contributed by atoms with Crippen molar-refractivity contribution in [2.75, 3.05) is 26.6 Å². The molecule has 0 bridgehead atoms. The Balaban J connectivity index is 1.75. The maximum atomic E-state index is 12.3. The second kappa shape index (κ2) is 8.05. The number of hydrogen-bond acceptors (Lipinski definition) is 7. The monoisotopic (exact) mass is 386 g/mol. The Kier molecular flexibility index (Phi) is 5.56. The summed E-state index contributed by atoms with van der Waals surface area (Å²) < 4.78 is 16.1. The van der Waals surface area contributed by atoms with Crippen molar-refractivity contribution in [2.45, 2.75) is 6.42 Å². The molecule has 0 aliphatic heterocycles. The quantitative estimate of drug-likeness (QED) is 0.654. The second-order valence-corrected chi connectivity index (χ2v) is 6.64. The molecular formula is C19H18N2O5S. The van der Waals surface area contributed by atoms with Gasteiger partial charge in [0.05, 0.1) is 43.5 Å². The van der Waals surface area contributed by atoms with Crippen molar-refractivity contribution in [3.05, 3.63) is 47.5 Å². The number of fused-ring (bicyclic) bond motifs is 1. The number of anilines is 1. The van der Waals surface area contributed by atoms with E-state index in [0.29, 0.717) is 33.3 Å². The molecule has 2 aromatic carbocycles. The van der Waals surface area contributed by atoms with Crippen molar-refractivity contribution in [1.82, 2.24) is 4.98 Å². The minimum atomic E-state index is -0.439. The van der Waals surface area contributed by atoms with E-state index in [2.05, 4.69) is 10.3 Å². The summed E-state index contributed by atoms with van der Waals surface area (Å²) in [6.07, 6.45) is 0.118. The Labute approximate surface area is 159 Å². The summed E-state index contributed by atoms with van der Waals surface area (Å²) in [4.78, 5) is 28.4. The highest BCUT2D eigenvalue weighted by Crippen LogP contribution is 2.36. The van der Waals surface area contributed by atoms with Gasteiger partial charge in [-0.3, -0.25) is 4.79 Å². The number of esters is 1. The summed E-state index contributed by atoms with van der Waals surface area (Å²) in [6, 6.07) is 10.4. The summed E-state index contributed by atoms with van der Waals surface area (Å²) in [7, 11) is 4.44. The van der Waals surface area contributed by atoms with E-state index in [1.54, 1.807) is 44.6 Å². The summed E-state index contributed by atoms with van der Waals surface area (Å²) >= 11 is 1.34. The molecular weight excluding hydrogens is 368 g/mol. The van der Waals surface area contributed by atoms with E-state index in [4.69, 9.17) is 14.2 Å². The second-order valence-electron chi connectivity index (χ2n) is 5.61. The van der Waals surface area contributed by atoms with Crippen LogP contribution in [0.1, 0.15) is 15.9 Å². The van der Waals surface area contributed by atoms with Gasteiger partial charge in [-0.05, 0) is 17.7 Å². The molecule has 27 heavy (non-hydrogen) atoms. The lowest BCUT2D eigenvalue weighted by molar-refractivity contribution is -0.115. The van der Waals surface area contributed by atoms with Gasteiger partial charge in [0.1, 0.15) is 0 Å². The van der Waals surface area contributed by atoms with Crippen LogP contribution in [-0.2, 0) is 16.0 Å². The van der Waals surface area contributed by atoms with Crippen LogP contribution in [0.5, 0.6) is 11.5 Å². The molecule has 0 unspecified atom stereocenters. The number of benzene rings is 2. The standard InChI is InChI=1S/C19H18N2O5S/c1-24-14-9-13-16(10-15(14)25-2)27-19(20-13)21-17(22)8-11-5-4-6-12(7-11)18(23)26-3/h4-7,9-10H,8H2,1-3H3,(H,20,21,22). The van der Waals surface area contributed by atoms with E-state index in [1.165, 1.54) is 18.4 Å². The van der Waals surface area contributed by atoms with E-state index in [-0.39, 0.29) is 12.3 Å². The van der Waals surface area contributed by atoms with E-state index in [9.17, 15) is 9.59 Å². The van der Waals surface area contributed by atoms with Crippen molar-refractivity contribution in [1.29, 1.82) is 0 Å². The molecule has 1 aromatic heterocycles. The fraction of sp³-hybridized carbons (Fsp3) is 0.211.